The number of nitrogens with one attached hydrogen (secondary N) is 2. The highest BCUT2D eigenvalue weighted by molar-refractivity contribution is 6.04. The van der Waals surface area contributed by atoms with E-state index in [1.54, 1.807) is 29.7 Å². The minimum absolute atomic E-state index is 0.160. The summed E-state index contributed by atoms with van der Waals surface area (Å²) in [6.07, 6.45) is 0.740. The van der Waals surface area contributed by atoms with E-state index in [1.807, 2.05) is 31.2 Å². The largest absolute Gasteiger partial charge is 0.322 e. The second-order valence-electron chi connectivity index (χ2n) is 5.05. The van der Waals surface area contributed by atoms with E-state index < -0.39 is 5.91 Å². The molecule has 0 aromatic heterocycles. The monoisotopic (exact) mass is 298 g/mol. The maximum absolute atomic E-state index is 12.1. The van der Waals surface area contributed by atoms with E-state index >= 15 is 0 Å². The summed E-state index contributed by atoms with van der Waals surface area (Å²) in [5, 5.41) is 11.3. The lowest BCUT2D eigenvalue weighted by Crippen LogP contribution is -2.18. The number of carbonyl (C=O) groups is 2. The quantitative estimate of drug-likeness (QED) is 0.586. The number of hydroxylamine groups is 1. The minimum atomic E-state index is -0.420. The lowest BCUT2D eigenvalue weighted by Gasteiger charge is -2.07. The Morgan fingerprint density at radius 2 is 1.64 bits per heavy atom. The Hall–Kier alpha value is -2.66. The van der Waals surface area contributed by atoms with E-state index in [9.17, 15) is 9.59 Å². The topological polar surface area (TPSA) is 78.4 Å². The van der Waals surface area contributed by atoms with Crippen LogP contribution >= 0.6 is 0 Å². The van der Waals surface area contributed by atoms with E-state index in [0.717, 1.165) is 11.1 Å². The van der Waals surface area contributed by atoms with E-state index in [0.29, 0.717) is 17.7 Å². The molecule has 2 aromatic carbocycles. The zero-order chi connectivity index (χ0) is 15.9. The number of benzene rings is 2. The van der Waals surface area contributed by atoms with Gasteiger partial charge in [0.1, 0.15) is 0 Å². The van der Waals surface area contributed by atoms with Crippen molar-refractivity contribution >= 4 is 17.5 Å². The number of rotatable bonds is 5. The SMILES string of the molecule is Cc1ccc(C(=O)Nc2ccc(CCC(=O)NO)cc2)cc1. The van der Waals surface area contributed by atoms with Crippen molar-refractivity contribution in [3.8, 4) is 0 Å². The fourth-order valence-corrected chi connectivity index (χ4v) is 1.98. The number of hydrogen-bond donors (Lipinski definition) is 3. The summed E-state index contributed by atoms with van der Waals surface area (Å²) in [6.45, 7) is 1.97. The van der Waals surface area contributed by atoms with E-state index in [4.69, 9.17) is 5.21 Å². The lowest BCUT2D eigenvalue weighted by molar-refractivity contribution is -0.129. The Balaban J connectivity index is 1.94. The van der Waals surface area contributed by atoms with Crippen molar-refractivity contribution in [3.63, 3.8) is 0 Å². The first-order chi connectivity index (χ1) is 10.6. The van der Waals surface area contributed by atoms with Gasteiger partial charge in [0.2, 0.25) is 5.91 Å². The molecule has 5 nitrogen and oxygen atoms in total. The summed E-state index contributed by atoms with van der Waals surface area (Å²) >= 11 is 0. The highest BCUT2D eigenvalue weighted by Crippen LogP contribution is 2.13. The fraction of sp³-hybridized carbons (Fsp3) is 0.176. The van der Waals surface area contributed by atoms with Crippen molar-refractivity contribution in [2.24, 2.45) is 0 Å². The first-order valence-electron chi connectivity index (χ1n) is 6.98. The number of amides is 2. The van der Waals surface area contributed by atoms with Gasteiger partial charge >= 0.3 is 0 Å². The Labute approximate surface area is 128 Å². The highest BCUT2D eigenvalue weighted by atomic mass is 16.5. The van der Waals surface area contributed by atoms with Gasteiger partial charge in [-0.15, -0.1) is 0 Å². The third-order valence-corrected chi connectivity index (χ3v) is 3.29. The number of hydrogen-bond acceptors (Lipinski definition) is 3. The van der Waals surface area contributed by atoms with Gasteiger partial charge in [-0.1, -0.05) is 29.8 Å². The Bertz CT molecular complexity index is 649. The zero-order valence-electron chi connectivity index (χ0n) is 12.3. The summed E-state index contributed by atoms with van der Waals surface area (Å²) in [5.74, 6) is -0.579. The molecule has 2 aromatic rings. The van der Waals surface area contributed by atoms with Crippen LogP contribution in [0.25, 0.3) is 0 Å². The molecule has 2 rings (SSSR count). The number of anilines is 1. The summed E-state index contributed by atoms with van der Waals surface area (Å²) < 4.78 is 0. The number of carbonyl (C=O) groups excluding carboxylic acids is 2. The Kier molecular flexibility index (Phi) is 5.27. The van der Waals surface area contributed by atoms with Crippen LogP contribution in [0.1, 0.15) is 27.9 Å². The van der Waals surface area contributed by atoms with Gasteiger partial charge in [-0.25, -0.2) is 5.48 Å². The van der Waals surface area contributed by atoms with Crippen molar-refractivity contribution in [1.29, 1.82) is 0 Å². The average Bonchev–Trinajstić information content (AvgIpc) is 2.54. The van der Waals surface area contributed by atoms with Crippen LogP contribution in [0.15, 0.2) is 48.5 Å². The van der Waals surface area contributed by atoms with Gasteiger partial charge < -0.3 is 5.32 Å². The molecular weight excluding hydrogens is 280 g/mol. The van der Waals surface area contributed by atoms with Crippen molar-refractivity contribution in [2.45, 2.75) is 19.8 Å². The minimum Gasteiger partial charge on any atom is -0.322 e. The van der Waals surface area contributed by atoms with E-state index in [-0.39, 0.29) is 12.3 Å². The van der Waals surface area contributed by atoms with Gasteiger partial charge in [-0.3, -0.25) is 14.8 Å². The molecule has 0 fully saturated rings. The highest BCUT2D eigenvalue weighted by Gasteiger charge is 2.06. The molecule has 0 saturated heterocycles. The predicted octanol–water partition coefficient (Wildman–Crippen LogP) is 2.69. The molecule has 22 heavy (non-hydrogen) atoms. The van der Waals surface area contributed by atoms with Crippen molar-refractivity contribution in [1.82, 2.24) is 5.48 Å². The molecule has 5 heteroatoms. The maximum Gasteiger partial charge on any atom is 0.255 e. The molecular formula is C17H18N2O3. The molecule has 0 atom stereocenters. The molecule has 0 aliphatic carbocycles. The predicted molar refractivity (Wildman–Crippen MR) is 83.8 cm³/mol. The van der Waals surface area contributed by atoms with E-state index in [1.165, 1.54) is 0 Å². The molecule has 0 heterocycles. The first-order valence-corrected chi connectivity index (χ1v) is 6.98. The van der Waals surface area contributed by atoms with E-state index in [2.05, 4.69) is 5.32 Å². The van der Waals surface area contributed by atoms with Gasteiger partial charge in [0.25, 0.3) is 5.91 Å². The molecule has 0 unspecified atom stereocenters. The smallest absolute Gasteiger partial charge is 0.255 e. The van der Waals surface area contributed by atoms with Gasteiger partial charge in [-0.05, 0) is 43.2 Å². The summed E-state index contributed by atoms with van der Waals surface area (Å²) in [6, 6.07) is 14.6. The Morgan fingerprint density at radius 1 is 1.00 bits per heavy atom. The Morgan fingerprint density at radius 3 is 2.23 bits per heavy atom. The van der Waals surface area contributed by atoms with Crippen LogP contribution in [-0.2, 0) is 11.2 Å². The summed E-state index contributed by atoms with van der Waals surface area (Å²) in [7, 11) is 0. The van der Waals surface area contributed by atoms with Crippen LogP contribution in [0.4, 0.5) is 5.69 Å². The molecule has 0 aliphatic heterocycles. The van der Waals surface area contributed by atoms with Crippen LogP contribution in [0.5, 0.6) is 0 Å². The molecule has 0 bridgehead atoms. The van der Waals surface area contributed by atoms with Crippen LogP contribution in [0.3, 0.4) is 0 Å². The second-order valence-corrected chi connectivity index (χ2v) is 5.05. The molecule has 0 spiro atoms. The van der Waals surface area contributed by atoms with Crippen LogP contribution in [-0.4, -0.2) is 17.0 Å². The van der Waals surface area contributed by atoms with Gasteiger partial charge in [0.15, 0.2) is 0 Å². The summed E-state index contributed by atoms with van der Waals surface area (Å²) in [4.78, 5) is 23.0. The molecule has 114 valence electrons. The number of aryl methyl sites for hydroxylation is 2. The van der Waals surface area contributed by atoms with Gasteiger partial charge in [0.05, 0.1) is 0 Å². The summed E-state index contributed by atoms with van der Waals surface area (Å²) in [5.41, 5.74) is 4.96. The van der Waals surface area contributed by atoms with Gasteiger partial charge in [0, 0.05) is 17.7 Å². The van der Waals surface area contributed by atoms with Crippen LogP contribution in [0.2, 0.25) is 0 Å². The molecule has 0 radical (unpaired) electrons. The van der Waals surface area contributed by atoms with Crippen molar-refractivity contribution < 1.29 is 14.8 Å². The van der Waals surface area contributed by atoms with Crippen molar-refractivity contribution in [2.75, 3.05) is 5.32 Å². The third kappa shape index (κ3) is 4.43. The third-order valence-electron chi connectivity index (χ3n) is 3.29. The average molecular weight is 298 g/mol. The van der Waals surface area contributed by atoms with Crippen molar-refractivity contribution in [3.05, 3.63) is 65.2 Å². The van der Waals surface area contributed by atoms with Gasteiger partial charge in [-0.2, -0.15) is 0 Å². The normalized spacial score (nSPS) is 10.1. The molecule has 0 aliphatic rings. The molecule has 2 amide bonds. The lowest BCUT2D eigenvalue weighted by atomic mass is 10.1. The first kappa shape index (κ1) is 15.7. The standard InChI is InChI=1S/C17H18N2O3/c1-12-2-7-14(8-3-12)17(21)18-15-9-4-13(5-10-15)6-11-16(20)19-22/h2-5,7-10,22H,6,11H2,1H3,(H,18,21)(H,19,20). The fourth-order valence-electron chi connectivity index (χ4n) is 1.98. The second kappa shape index (κ2) is 7.38. The maximum atomic E-state index is 12.1. The van der Waals surface area contributed by atoms with Crippen LogP contribution in [0, 0.1) is 6.92 Å². The molecule has 0 saturated carbocycles. The van der Waals surface area contributed by atoms with Crippen LogP contribution < -0.4 is 10.8 Å². The molecule has 3 N–H and O–H groups in total. The zero-order valence-corrected chi connectivity index (χ0v) is 12.3.